The van der Waals surface area contributed by atoms with Crippen LogP contribution in [0.15, 0.2) is 42.7 Å². The molecule has 2 atom stereocenters. The molecule has 1 N–H and O–H groups in total. The van der Waals surface area contributed by atoms with E-state index in [0.29, 0.717) is 23.6 Å². The number of hydrogen-bond donors (Lipinski definition) is 1. The van der Waals surface area contributed by atoms with Crippen molar-refractivity contribution in [2.75, 3.05) is 7.05 Å². The molecule has 0 radical (unpaired) electrons. The van der Waals surface area contributed by atoms with Crippen LogP contribution >= 0.6 is 0 Å². The second kappa shape index (κ2) is 6.42. The lowest BCUT2D eigenvalue weighted by Crippen LogP contribution is -2.49. The first-order chi connectivity index (χ1) is 13.2. The molecule has 7 nitrogen and oxygen atoms in total. The van der Waals surface area contributed by atoms with Gasteiger partial charge in [-0.15, -0.1) is 0 Å². The molecule has 1 amide bonds. The summed E-state index contributed by atoms with van der Waals surface area (Å²) in [7, 11) is 2.20. The van der Waals surface area contributed by atoms with Gasteiger partial charge in [-0.25, -0.2) is 4.98 Å². The molecule has 7 heteroatoms. The van der Waals surface area contributed by atoms with Crippen molar-refractivity contribution < 1.29 is 4.79 Å². The Labute approximate surface area is 157 Å². The number of benzene rings is 1. The topological polar surface area (TPSA) is 75.4 Å². The number of carbonyl (C=O) groups excluding carboxylic acids is 1. The molecule has 27 heavy (non-hydrogen) atoms. The Morgan fingerprint density at radius 2 is 1.89 bits per heavy atom. The van der Waals surface area contributed by atoms with Gasteiger partial charge in [0.05, 0.1) is 5.69 Å². The van der Waals surface area contributed by atoms with E-state index < -0.39 is 0 Å². The minimum atomic E-state index is -0.112. The molecule has 3 aromatic rings. The Kier molecular flexibility index (Phi) is 3.89. The van der Waals surface area contributed by atoms with Gasteiger partial charge >= 0.3 is 0 Å². The van der Waals surface area contributed by atoms with E-state index in [-0.39, 0.29) is 11.9 Å². The molecule has 5 rings (SSSR count). The second-order valence-electron chi connectivity index (χ2n) is 7.56. The van der Waals surface area contributed by atoms with E-state index in [1.807, 2.05) is 30.3 Å². The highest BCUT2D eigenvalue weighted by molar-refractivity contribution is 5.94. The maximum Gasteiger partial charge on any atom is 0.270 e. The van der Waals surface area contributed by atoms with E-state index >= 15 is 0 Å². The number of rotatable bonds is 3. The standard InChI is InChI=1S/C20H22N6O/c1-25-15-7-8-16(25)10-14(9-15)23-19(27)18-11-17(13-5-3-2-4-6-13)24-20-21-12-22-26(18)20/h2-6,11-12,14-16H,7-10H2,1H3,(H,23,27)/t15-,16-/m1/s1. The highest BCUT2D eigenvalue weighted by Gasteiger charge is 2.39. The summed E-state index contributed by atoms with van der Waals surface area (Å²) in [6.07, 6.45) is 5.91. The summed E-state index contributed by atoms with van der Waals surface area (Å²) in [5.41, 5.74) is 2.15. The number of nitrogens with one attached hydrogen (secondary N) is 1. The Morgan fingerprint density at radius 1 is 1.15 bits per heavy atom. The number of fused-ring (bicyclic) bond motifs is 3. The molecule has 138 valence electrons. The molecule has 2 saturated heterocycles. The van der Waals surface area contributed by atoms with Crippen LogP contribution in [0.2, 0.25) is 0 Å². The zero-order chi connectivity index (χ0) is 18.4. The Balaban J connectivity index is 1.45. The fraction of sp³-hybridized carbons (Fsp3) is 0.400. The monoisotopic (exact) mass is 362 g/mol. The molecule has 2 fully saturated rings. The lowest BCUT2D eigenvalue weighted by atomic mass is 9.98. The van der Waals surface area contributed by atoms with Gasteiger partial charge in [-0.1, -0.05) is 30.3 Å². The van der Waals surface area contributed by atoms with Crippen molar-refractivity contribution in [2.45, 2.75) is 43.8 Å². The number of nitrogens with zero attached hydrogens (tertiary/aromatic N) is 5. The van der Waals surface area contributed by atoms with Crippen LogP contribution in [0.1, 0.15) is 36.2 Å². The van der Waals surface area contributed by atoms with Crippen LogP contribution in [-0.4, -0.2) is 55.6 Å². The first-order valence-corrected chi connectivity index (χ1v) is 9.48. The fourth-order valence-corrected chi connectivity index (χ4v) is 4.52. The molecule has 2 aliphatic rings. The first-order valence-electron chi connectivity index (χ1n) is 9.48. The number of amides is 1. The van der Waals surface area contributed by atoms with Crippen molar-refractivity contribution in [1.29, 1.82) is 0 Å². The van der Waals surface area contributed by atoms with Crippen molar-refractivity contribution in [2.24, 2.45) is 0 Å². The summed E-state index contributed by atoms with van der Waals surface area (Å²) < 4.78 is 1.52. The minimum Gasteiger partial charge on any atom is -0.348 e. The van der Waals surface area contributed by atoms with Crippen LogP contribution in [0.25, 0.3) is 17.0 Å². The molecule has 2 bridgehead atoms. The third-order valence-electron chi connectivity index (χ3n) is 5.99. The summed E-state index contributed by atoms with van der Waals surface area (Å²) in [4.78, 5) is 24.3. The van der Waals surface area contributed by atoms with Crippen LogP contribution in [-0.2, 0) is 0 Å². The van der Waals surface area contributed by atoms with Gasteiger partial charge in [0.15, 0.2) is 0 Å². The fourth-order valence-electron chi connectivity index (χ4n) is 4.52. The van der Waals surface area contributed by atoms with Gasteiger partial charge in [-0.3, -0.25) is 4.79 Å². The molecule has 0 unspecified atom stereocenters. The third kappa shape index (κ3) is 2.88. The quantitative estimate of drug-likeness (QED) is 0.773. The second-order valence-corrected chi connectivity index (χ2v) is 7.56. The molecule has 0 saturated carbocycles. The van der Waals surface area contributed by atoms with E-state index in [1.165, 1.54) is 23.7 Å². The van der Waals surface area contributed by atoms with Crippen LogP contribution < -0.4 is 5.32 Å². The van der Waals surface area contributed by atoms with E-state index in [9.17, 15) is 4.79 Å². The predicted octanol–water partition coefficient (Wildman–Crippen LogP) is 2.15. The molecule has 1 aromatic carbocycles. The Bertz CT molecular complexity index is 971. The summed E-state index contributed by atoms with van der Waals surface area (Å²) in [6.45, 7) is 0. The molecule has 2 aromatic heterocycles. The van der Waals surface area contributed by atoms with Gasteiger partial charge < -0.3 is 10.2 Å². The maximum absolute atomic E-state index is 13.1. The lowest BCUT2D eigenvalue weighted by Gasteiger charge is -2.36. The molecule has 0 aliphatic carbocycles. The summed E-state index contributed by atoms with van der Waals surface area (Å²) in [5, 5.41) is 7.43. The SMILES string of the molecule is CN1[C@@H]2CC[C@@H]1CC(NC(=O)c1cc(-c3ccccc3)nc3ncnn13)C2. The maximum atomic E-state index is 13.1. The van der Waals surface area contributed by atoms with Gasteiger partial charge in [0.25, 0.3) is 11.7 Å². The summed E-state index contributed by atoms with van der Waals surface area (Å²) >= 11 is 0. The van der Waals surface area contributed by atoms with Gasteiger partial charge in [0.2, 0.25) is 0 Å². The normalized spacial score (nSPS) is 25.0. The predicted molar refractivity (Wildman–Crippen MR) is 101 cm³/mol. The van der Waals surface area contributed by atoms with Crippen molar-refractivity contribution >= 4 is 11.7 Å². The number of hydrogen-bond acceptors (Lipinski definition) is 5. The van der Waals surface area contributed by atoms with Crippen LogP contribution in [0.4, 0.5) is 0 Å². The minimum absolute atomic E-state index is 0.112. The van der Waals surface area contributed by atoms with Gasteiger partial charge in [-0.05, 0) is 38.8 Å². The largest absolute Gasteiger partial charge is 0.348 e. The number of piperidine rings is 1. The van der Waals surface area contributed by atoms with E-state index in [1.54, 1.807) is 6.07 Å². The van der Waals surface area contributed by atoms with Crippen molar-refractivity contribution in [3.63, 3.8) is 0 Å². The summed E-state index contributed by atoms with van der Waals surface area (Å²) in [5.74, 6) is 0.323. The molecular weight excluding hydrogens is 340 g/mol. The van der Waals surface area contributed by atoms with E-state index in [2.05, 4.69) is 32.3 Å². The average Bonchev–Trinajstić information content (AvgIpc) is 3.23. The van der Waals surface area contributed by atoms with Crippen LogP contribution in [0.3, 0.4) is 0 Å². The highest BCUT2D eigenvalue weighted by atomic mass is 16.2. The van der Waals surface area contributed by atoms with Crippen molar-refractivity contribution in [3.8, 4) is 11.3 Å². The first kappa shape index (κ1) is 16.4. The van der Waals surface area contributed by atoms with Crippen LogP contribution in [0.5, 0.6) is 0 Å². The third-order valence-corrected chi connectivity index (χ3v) is 5.99. The summed E-state index contributed by atoms with van der Waals surface area (Å²) in [6, 6.07) is 13.0. The van der Waals surface area contributed by atoms with Gasteiger partial charge in [0, 0.05) is 23.7 Å². The number of carbonyl (C=O) groups is 1. The smallest absolute Gasteiger partial charge is 0.270 e. The highest BCUT2D eigenvalue weighted by Crippen LogP contribution is 2.34. The zero-order valence-corrected chi connectivity index (χ0v) is 15.2. The Hall–Kier alpha value is -2.80. The molecular formula is C20H22N6O. The van der Waals surface area contributed by atoms with Gasteiger partial charge in [-0.2, -0.15) is 14.6 Å². The molecule has 0 spiro atoms. The average molecular weight is 362 g/mol. The molecule has 4 heterocycles. The van der Waals surface area contributed by atoms with Crippen molar-refractivity contribution in [1.82, 2.24) is 29.8 Å². The van der Waals surface area contributed by atoms with E-state index in [4.69, 9.17) is 0 Å². The van der Waals surface area contributed by atoms with Gasteiger partial charge in [0.1, 0.15) is 12.0 Å². The van der Waals surface area contributed by atoms with Crippen molar-refractivity contribution in [3.05, 3.63) is 48.4 Å². The number of aromatic nitrogens is 4. The van der Waals surface area contributed by atoms with E-state index in [0.717, 1.165) is 24.1 Å². The molecule has 2 aliphatic heterocycles. The lowest BCUT2D eigenvalue weighted by molar-refractivity contribution is 0.0875. The Morgan fingerprint density at radius 3 is 2.63 bits per heavy atom. The van der Waals surface area contributed by atoms with Crippen LogP contribution in [0, 0.1) is 0 Å². The zero-order valence-electron chi connectivity index (χ0n) is 15.2.